The minimum Gasteiger partial charge on any atom is -0.143 e. The van der Waals surface area contributed by atoms with Crippen molar-refractivity contribution in [2.45, 2.75) is 34.5 Å². The van der Waals surface area contributed by atoms with E-state index in [0.29, 0.717) is 5.02 Å². The average Bonchev–Trinajstić information content (AvgIpc) is 2.58. The first-order valence-corrected chi connectivity index (χ1v) is 9.85. The van der Waals surface area contributed by atoms with E-state index in [0.717, 1.165) is 44.2 Å². The molecule has 0 aromatic heterocycles. The van der Waals surface area contributed by atoms with Gasteiger partial charge < -0.3 is 0 Å². The number of hydrogen-bond donors (Lipinski definition) is 3. The summed E-state index contributed by atoms with van der Waals surface area (Å²) in [5.74, 6) is 0. The first-order valence-electron chi connectivity index (χ1n) is 8.13. The van der Waals surface area contributed by atoms with Crippen molar-refractivity contribution in [1.82, 2.24) is 0 Å². The molecule has 0 nitrogen and oxygen atoms in total. The Balaban J connectivity index is 2.31. The molecule has 25 heavy (non-hydrogen) atoms. The molecule has 0 radical (unpaired) electrons. The van der Waals surface area contributed by atoms with Crippen molar-refractivity contribution in [3.63, 3.8) is 0 Å². The summed E-state index contributed by atoms with van der Waals surface area (Å²) in [4.78, 5) is 2.78. The lowest BCUT2D eigenvalue weighted by atomic mass is 9.89. The van der Waals surface area contributed by atoms with Crippen LogP contribution in [0.4, 0.5) is 0 Å². The van der Waals surface area contributed by atoms with E-state index in [1.165, 1.54) is 11.1 Å². The number of rotatable bonds is 4. The van der Waals surface area contributed by atoms with E-state index in [1.54, 1.807) is 0 Å². The topological polar surface area (TPSA) is 0 Å². The number of benzene rings is 3. The van der Waals surface area contributed by atoms with Crippen LogP contribution in [0, 0.1) is 0 Å². The molecule has 128 valence electrons. The van der Waals surface area contributed by atoms with E-state index in [1.807, 2.05) is 30.3 Å². The van der Waals surface area contributed by atoms with Crippen LogP contribution in [0.3, 0.4) is 0 Å². The highest BCUT2D eigenvalue weighted by atomic mass is 35.5. The second-order valence-corrected chi connectivity index (χ2v) is 7.93. The van der Waals surface area contributed by atoms with Gasteiger partial charge >= 0.3 is 0 Å². The van der Waals surface area contributed by atoms with Gasteiger partial charge in [0.1, 0.15) is 0 Å². The summed E-state index contributed by atoms with van der Waals surface area (Å²) in [7, 11) is 0. The fourth-order valence-electron chi connectivity index (χ4n) is 3.07. The molecular formula is C21H19ClS3. The van der Waals surface area contributed by atoms with Gasteiger partial charge in [-0.15, -0.1) is 37.9 Å². The molecule has 3 rings (SSSR count). The van der Waals surface area contributed by atoms with E-state index in [4.69, 9.17) is 11.6 Å². The molecule has 0 saturated carbocycles. The van der Waals surface area contributed by atoms with Gasteiger partial charge in [0, 0.05) is 19.7 Å². The minimum atomic E-state index is 0.707. The summed E-state index contributed by atoms with van der Waals surface area (Å²) in [6.07, 6.45) is 2.02. The Morgan fingerprint density at radius 3 is 2.28 bits per heavy atom. The Kier molecular flexibility index (Phi) is 6.11. The predicted octanol–water partition coefficient (Wildman–Crippen LogP) is 7.49. The lowest BCUT2D eigenvalue weighted by Gasteiger charge is -2.18. The Bertz CT molecular complexity index is 919. The van der Waals surface area contributed by atoms with Gasteiger partial charge in [0.25, 0.3) is 0 Å². The predicted molar refractivity (Wildman–Crippen MR) is 118 cm³/mol. The zero-order chi connectivity index (χ0) is 18.0. The molecule has 3 aromatic rings. The molecule has 0 atom stereocenters. The van der Waals surface area contributed by atoms with Crippen LogP contribution in [0.15, 0.2) is 69.3 Å². The highest BCUT2D eigenvalue weighted by Crippen LogP contribution is 2.39. The molecule has 0 heterocycles. The maximum Gasteiger partial charge on any atom is 0.0412 e. The van der Waals surface area contributed by atoms with E-state index in [-0.39, 0.29) is 0 Å². The van der Waals surface area contributed by atoms with E-state index >= 15 is 0 Å². The van der Waals surface area contributed by atoms with Gasteiger partial charge in [-0.2, -0.15) is 0 Å². The highest BCUT2D eigenvalue weighted by molar-refractivity contribution is 7.80. The molecule has 0 aliphatic rings. The van der Waals surface area contributed by atoms with Crippen molar-refractivity contribution in [3.8, 4) is 22.3 Å². The summed E-state index contributed by atoms with van der Waals surface area (Å²) < 4.78 is 0. The quantitative estimate of drug-likeness (QED) is 0.370. The van der Waals surface area contributed by atoms with Crippen molar-refractivity contribution >= 4 is 49.5 Å². The smallest absolute Gasteiger partial charge is 0.0412 e. The highest BCUT2D eigenvalue weighted by Gasteiger charge is 2.15. The number of halogens is 1. The number of thiol groups is 3. The third kappa shape index (κ3) is 4.22. The van der Waals surface area contributed by atoms with Crippen LogP contribution < -0.4 is 0 Å². The van der Waals surface area contributed by atoms with E-state index in [2.05, 4.69) is 69.1 Å². The van der Waals surface area contributed by atoms with Gasteiger partial charge in [-0.3, -0.25) is 0 Å². The standard InChI is InChI=1S/C21H19ClS3/c1-2-4-17-18(13-5-3-6-15(23)9-13)11-16(24)12-19(17)20-10-14(22)7-8-21(20)25/h3,5-12,23-25H,2,4H2,1H3. The van der Waals surface area contributed by atoms with Crippen molar-refractivity contribution in [2.75, 3.05) is 0 Å². The molecule has 0 saturated heterocycles. The summed E-state index contributed by atoms with van der Waals surface area (Å²) >= 11 is 20.0. The van der Waals surface area contributed by atoms with Gasteiger partial charge in [-0.05, 0) is 76.7 Å². The largest absolute Gasteiger partial charge is 0.143 e. The zero-order valence-corrected chi connectivity index (χ0v) is 17.3. The molecule has 0 aliphatic carbocycles. The van der Waals surface area contributed by atoms with E-state index in [9.17, 15) is 0 Å². The second-order valence-electron chi connectivity index (χ2n) is 5.98. The third-order valence-corrected chi connectivity index (χ3v) is 5.30. The zero-order valence-electron chi connectivity index (χ0n) is 13.8. The van der Waals surface area contributed by atoms with E-state index < -0.39 is 0 Å². The summed E-state index contributed by atoms with van der Waals surface area (Å²) in [5, 5.41) is 0.707. The SMILES string of the molecule is CCCc1c(-c2cccc(S)c2)cc(S)cc1-c1cc(Cl)ccc1S. The molecular weight excluding hydrogens is 384 g/mol. The molecule has 3 aromatic carbocycles. The van der Waals surface area contributed by atoms with Crippen molar-refractivity contribution in [1.29, 1.82) is 0 Å². The third-order valence-electron chi connectivity index (χ3n) is 4.14. The monoisotopic (exact) mass is 402 g/mol. The first kappa shape index (κ1) is 18.8. The normalized spacial score (nSPS) is 10.9. The molecule has 0 aliphatic heterocycles. The maximum atomic E-state index is 6.25. The summed E-state index contributed by atoms with van der Waals surface area (Å²) in [5.41, 5.74) is 5.81. The van der Waals surface area contributed by atoms with Gasteiger partial charge in [-0.25, -0.2) is 0 Å². The maximum absolute atomic E-state index is 6.25. The Morgan fingerprint density at radius 2 is 1.56 bits per heavy atom. The molecule has 0 unspecified atom stereocenters. The lowest BCUT2D eigenvalue weighted by Crippen LogP contribution is -1.96. The molecule has 0 bridgehead atoms. The minimum absolute atomic E-state index is 0.707. The van der Waals surface area contributed by atoms with Crippen LogP contribution in [-0.4, -0.2) is 0 Å². The van der Waals surface area contributed by atoms with Crippen molar-refractivity contribution in [3.05, 3.63) is 65.2 Å². The second kappa shape index (κ2) is 8.13. The van der Waals surface area contributed by atoms with Crippen LogP contribution in [0.25, 0.3) is 22.3 Å². The lowest BCUT2D eigenvalue weighted by molar-refractivity contribution is 0.923. The van der Waals surface area contributed by atoms with Gasteiger partial charge in [0.05, 0.1) is 0 Å². The molecule has 0 N–H and O–H groups in total. The Morgan fingerprint density at radius 1 is 0.800 bits per heavy atom. The fourth-order valence-corrected chi connectivity index (χ4v) is 3.99. The van der Waals surface area contributed by atoms with Crippen LogP contribution >= 0.6 is 49.5 Å². The first-order chi connectivity index (χ1) is 12.0. The van der Waals surface area contributed by atoms with Crippen LogP contribution in [0.5, 0.6) is 0 Å². The Hall–Kier alpha value is -1.000. The summed E-state index contributed by atoms with van der Waals surface area (Å²) in [6, 6.07) is 18.2. The Labute approximate surface area is 170 Å². The van der Waals surface area contributed by atoms with Gasteiger partial charge in [0.2, 0.25) is 0 Å². The molecule has 0 spiro atoms. The van der Waals surface area contributed by atoms with Crippen LogP contribution in [-0.2, 0) is 6.42 Å². The van der Waals surface area contributed by atoms with Crippen LogP contribution in [0.2, 0.25) is 5.02 Å². The molecule has 4 heteroatoms. The molecule has 0 amide bonds. The fraction of sp³-hybridized carbons (Fsp3) is 0.143. The van der Waals surface area contributed by atoms with Crippen molar-refractivity contribution < 1.29 is 0 Å². The van der Waals surface area contributed by atoms with Gasteiger partial charge in [-0.1, -0.05) is 37.1 Å². The number of hydrogen-bond acceptors (Lipinski definition) is 3. The summed E-state index contributed by atoms with van der Waals surface area (Å²) in [6.45, 7) is 2.19. The van der Waals surface area contributed by atoms with Crippen LogP contribution in [0.1, 0.15) is 18.9 Å². The average molecular weight is 403 g/mol. The van der Waals surface area contributed by atoms with Gasteiger partial charge in [0.15, 0.2) is 0 Å². The van der Waals surface area contributed by atoms with Crippen molar-refractivity contribution in [2.24, 2.45) is 0 Å². The molecule has 0 fully saturated rings.